The van der Waals surface area contributed by atoms with Gasteiger partial charge in [-0.1, -0.05) is 117 Å². The average molecular weight is 825 g/mol. The number of ether oxygens (including phenoxy) is 3. The van der Waals surface area contributed by atoms with Crippen LogP contribution in [0.5, 0.6) is 28.7 Å². The predicted molar refractivity (Wildman–Crippen MR) is 239 cm³/mol. The molecule has 324 valence electrons. The molecule has 0 heterocycles. The van der Waals surface area contributed by atoms with Crippen molar-refractivity contribution in [2.75, 3.05) is 30.5 Å². The Hall–Kier alpha value is -5.25. The third kappa shape index (κ3) is 12.4. The topological polar surface area (TPSA) is 126 Å². The molecule has 4 N–H and O–H groups in total. The van der Waals surface area contributed by atoms with Crippen LogP contribution in [-0.2, 0) is 0 Å². The standard InChI is InChI=1S/C50H65FN2O7/c1-4-7-10-13-16-19-32-58-37-26-22-35(23-27-37)52-46-45(51)43-44(49(57)42-40(55)31-30-39(54)41(42)48(43)56)50(60-34-21-18-15-12-9-6-3)47(46)53-36-24-28-38(29-25-36)59-33-20-17-14-11-8-5-2/h22-31,52-55H,4-21,32-34H2,1-3H3. The molecule has 0 amide bonds. The molecule has 9 nitrogen and oxygen atoms in total. The Morgan fingerprint density at radius 2 is 0.817 bits per heavy atom. The van der Waals surface area contributed by atoms with Crippen LogP contribution < -0.4 is 24.8 Å². The molecule has 60 heavy (non-hydrogen) atoms. The highest BCUT2D eigenvalue weighted by Crippen LogP contribution is 2.49. The van der Waals surface area contributed by atoms with E-state index in [9.17, 15) is 19.8 Å². The fourth-order valence-corrected chi connectivity index (χ4v) is 7.56. The van der Waals surface area contributed by atoms with E-state index in [2.05, 4.69) is 31.4 Å². The Kier molecular flexibility index (Phi) is 18.4. The minimum atomic E-state index is -1.01. The lowest BCUT2D eigenvalue weighted by molar-refractivity contribution is 0.0967. The highest BCUT2D eigenvalue weighted by atomic mass is 19.1. The van der Waals surface area contributed by atoms with E-state index in [4.69, 9.17) is 14.2 Å². The number of halogens is 1. The Labute approximate surface area is 356 Å². The summed E-state index contributed by atoms with van der Waals surface area (Å²) in [6, 6.07) is 16.6. The Balaban J connectivity index is 1.49. The van der Waals surface area contributed by atoms with Gasteiger partial charge in [0.25, 0.3) is 0 Å². The molecule has 0 spiro atoms. The number of phenols is 2. The van der Waals surface area contributed by atoms with Crippen LogP contribution in [0.25, 0.3) is 0 Å². The zero-order valence-corrected chi connectivity index (χ0v) is 35.9. The lowest BCUT2D eigenvalue weighted by atomic mass is 9.81. The number of benzene rings is 4. The van der Waals surface area contributed by atoms with Crippen molar-refractivity contribution in [3.05, 3.63) is 88.7 Å². The maximum atomic E-state index is 17.3. The van der Waals surface area contributed by atoms with Crippen LogP contribution in [-0.4, -0.2) is 41.6 Å². The number of carbonyl (C=O) groups excluding carboxylic acids is 2. The molecule has 0 saturated carbocycles. The van der Waals surface area contributed by atoms with Crippen molar-refractivity contribution in [2.24, 2.45) is 0 Å². The summed E-state index contributed by atoms with van der Waals surface area (Å²) >= 11 is 0. The Morgan fingerprint density at radius 1 is 0.450 bits per heavy atom. The summed E-state index contributed by atoms with van der Waals surface area (Å²) in [4.78, 5) is 28.6. The second-order valence-corrected chi connectivity index (χ2v) is 15.8. The highest BCUT2D eigenvalue weighted by Gasteiger charge is 2.42. The first-order valence-electron chi connectivity index (χ1n) is 22.4. The van der Waals surface area contributed by atoms with Gasteiger partial charge in [-0.3, -0.25) is 9.59 Å². The average Bonchev–Trinajstić information content (AvgIpc) is 3.25. The van der Waals surface area contributed by atoms with Crippen LogP contribution in [0.1, 0.15) is 168 Å². The van der Waals surface area contributed by atoms with E-state index in [1.807, 2.05) is 12.1 Å². The summed E-state index contributed by atoms with van der Waals surface area (Å²) in [6.45, 7) is 7.94. The molecule has 10 heteroatoms. The molecule has 0 atom stereocenters. The molecule has 0 fully saturated rings. The van der Waals surface area contributed by atoms with Crippen LogP contribution >= 0.6 is 0 Å². The van der Waals surface area contributed by atoms with Crippen molar-refractivity contribution < 1.29 is 38.4 Å². The fourth-order valence-electron chi connectivity index (χ4n) is 7.56. The number of nitrogens with one attached hydrogen (secondary N) is 2. The van der Waals surface area contributed by atoms with Crippen molar-refractivity contribution in [2.45, 2.75) is 136 Å². The molecule has 4 aromatic carbocycles. The van der Waals surface area contributed by atoms with E-state index in [-0.39, 0.29) is 29.3 Å². The second kappa shape index (κ2) is 24.1. The second-order valence-electron chi connectivity index (χ2n) is 15.8. The summed E-state index contributed by atoms with van der Waals surface area (Å²) < 4.78 is 35.8. The SMILES string of the molecule is CCCCCCCCOc1ccc(Nc2c(F)c3c(c(OCCCCCCCC)c2Nc2ccc(OCCCCCCCC)cc2)C(=O)c2c(O)ccc(O)c2C3=O)cc1. The molecule has 0 bridgehead atoms. The molecule has 0 radical (unpaired) electrons. The number of anilines is 4. The summed E-state index contributed by atoms with van der Waals surface area (Å²) in [5, 5.41) is 28.1. The van der Waals surface area contributed by atoms with Gasteiger partial charge in [-0.25, -0.2) is 4.39 Å². The molecular weight excluding hydrogens is 760 g/mol. The minimum Gasteiger partial charge on any atom is -0.507 e. The van der Waals surface area contributed by atoms with Gasteiger partial charge in [0.1, 0.15) is 34.4 Å². The zero-order chi connectivity index (χ0) is 42.7. The molecule has 5 rings (SSSR count). The number of hydrogen-bond acceptors (Lipinski definition) is 9. The monoisotopic (exact) mass is 824 g/mol. The lowest BCUT2D eigenvalue weighted by Crippen LogP contribution is -2.25. The molecule has 4 aromatic rings. The maximum absolute atomic E-state index is 17.3. The maximum Gasteiger partial charge on any atom is 0.202 e. The van der Waals surface area contributed by atoms with Crippen LogP contribution in [0.2, 0.25) is 0 Å². The van der Waals surface area contributed by atoms with Crippen molar-refractivity contribution in [3.63, 3.8) is 0 Å². The smallest absolute Gasteiger partial charge is 0.202 e. The van der Waals surface area contributed by atoms with Crippen LogP contribution in [0.4, 0.5) is 27.1 Å². The van der Waals surface area contributed by atoms with Gasteiger partial charge in [0.05, 0.1) is 42.1 Å². The van der Waals surface area contributed by atoms with Crippen molar-refractivity contribution in [3.8, 4) is 28.7 Å². The van der Waals surface area contributed by atoms with Crippen LogP contribution in [0.3, 0.4) is 0 Å². The van der Waals surface area contributed by atoms with Gasteiger partial charge in [0.2, 0.25) is 11.6 Å². The quantitative estimate of drug-likeness (QED) is 0.0288. The number of carbonyl (C=O) groups is 2. The predicted octanol–water partition coefficient (Wildman–Crippen LogP) is 13.7. The summed E-state index contributed by atoms with van der Waals surface area (Å²) in [6.07, 6.45) is 19.8. The van der Waals surface area contributed by atoms with Gasteiger partial charge >= 0.3 is 0 Å². The van der Waals surface area contributed by atoms with E-state index in [0.29, 0.717) is 42.5 Å². The number of fused-ring (bicyclic) bond motifs is 2. The van der Waals surface area contributed by atoms with Gasteiger partial charge in [-0.05, 0) is 79.9 Å². The number of rotatable bonds is 28. The number of phenolic OH excluding ortho intramolecular Hbond substituents is 2. The Morgan fingerprint density at radius 3 is 1.25 bits per heavy atom. The highest BCUT2D eigenvalue weighted by molar-refractivity contribution is 6.32. The van der Waals surface area contributed by atoms with Crippen molar-refractivity contribution >= 4 is 34.3 Å². The van der Waals surface area contributed by atoms with Gasteiger partial charge in [0, 0.05) is 11.4 Å². The summed E-state index contributed by atoms with van der Waals surface area (Å²) in [7, 11) is 0. The first-order chi connectivity index (χ1) is 29.3. The van der Waals surface area contributed by atoms with Gasteiger partial charge in [0.15, 0.2) is 11.6 Å². The number of aromatic hydroxyl groups is 2. The largest absolute Gasteiger partial charge is 0.507 e. The molecule has 0 saturated heterocycles. The molecule has 1 aliphatic rings. The molecular formula is C50H65FN2O7. The van der Waals surface area contributed by atoms with Crippen LogP contribution in [0.15, 0.2) is 60.7 Å². The van der Waals surface area contributed by atoms with Gasteiger partial charge in [-0.15, -0.1) is 0 Å². The molecule has 0 aromatic heterocycles. The van der Waals surface area contributed by atoms with Gasteiger partial charge in [-0.2, -0.15) is 0 Å². The number of ketones is 2. The minimum absolute atomic E-state index is 0.0310. The van der Waals surface area contributed by atoms with Crippen LogP contribution in [0, 0.1) is 5.82 Å². The van der Waals surface area contributed by atoms with Crippen molar-refractivity contribution in [1.82, 2.24) is 0 Å². The third-order valence-electron chi connectivity index (χ3n) is 11.0. The van der Waals surface area contributed by atoms with E-state index in [1.165, 1.54) is 51.4 Å². The molecule has 0 unspecified atom stereocenters. The van der Waals surface area contributed by atoms with Gasteiger partial charge < -0.3 is 35.1 Å². The number of hydrogen-bond donors (Lipinski definition) is 4. The normalized spacial score (nSPS) is 11.9. The summed E-state index contributed by atoms with van der Waals surface area (Å²) in [5.41, 5.74) is -0.679. The van der Waals surface area contributed by atoms with Crippen molar-refractivity contribution in [1.29, 1.82) is 0 Å². The first-order valence-corrected chi connectivity index (χ1v) is 22.4. The molecule has 1 aliphatic carbocycles. The summed E-state index contributed by atoms with van der Waals surface area (Å²) in [5.74, 6) is -2.47. The van der Waals surface area contributed by atoms with E-state index >= 15 is 4.39 Å². The van der Waals surface area contributed by atoms with E-state index in [1.54, 1.807) is 36.4 Å². The first kappa shape index (κ1) is 45.8. The fraction of sp³-hybridized carbons (Fsp3) is 0.480. The Bertz CT molecular complexity index is 1980. The van der Waals surface area contributed by atoms with E-state index in [0.717, 1.165) is 69.9 Å². The van der Waals surface area contributed by atoms with E-state index < -0.39 is 45.6 Å². The molecule has 0 aliphatic heterocycles. The number of unbranched alkanes of at least 4 members (excludes halogenated alkanes) is 15. The zero-order valence-electron chi connectivity index (χ0n) is 35.9. The lowest BCUT2D eigenvalue weighted by Gasteiger charge is -2.27. The third-order valence-corrected chi connectivity index (χ3v) is 11.0.